The fraction of sp³-hybridized carbons (Fsp3) is 0.440. The summed E-state index contributed by atoms with van der Waals surface area (Å²) in [6.45, 7) is 1.83. The molecule has 35 heavy (non-hydrogen) atoms. The van der Waals surface area contributed by atoms with Gasteiger partial charge in [0.1, 0.15) is 11.4 Å². The van der Waals surface area contributed by atoms with Gasteiger partial charge in [0.25, 0.3) is 11.5 Å². The molecule has 2 aliphatic heterocycles. The molecule has 0 aromatic heterocycles. The van der Waals surface area contributed by atoms with Crippen molar-refractivity contribution in [3.63, 3.8) is 0 Å². The summed E-state index contributed by atoms with van der Waals surface area (Å²) in [5, 5.41) is 2.65. The number of methoxy groups -OCH3 is 1. The van der Waals surface area contributed by atoms with Crippen LogP contribution in [-0.4, -0.2) is 55.4 Å². The number of hydrogen-bond acceptors (Lipinski definition) is 4. The zero-order valence-electron chi connectivity index (χ0n) is 19.3. The summed E-state index contributed by atoms with van der Waals surface area (Å²) >= 11 is 0. The van der Waals surface area contributed by atoms with Crippen molar-refractivity contribution in [2.75, 3.05) is 26.7 Å². The molecule has 1 unspecified atom stereocenters. The first-order valence-electron chi connectivity index (χ1n) is 11.2. The minimum Gasteiger partial charge on any atom is -0.442 e. The highest BCUT2D eigenvalue weighted by Gasteiger charge is 2.64. The molecule has 0 aliphatic carbocycles. The Kier molecular flexibility index (Phi) is 6.52. The van der Waals surface area contributed by atoms with Gasteiger partial charge in [0.05, 0.1) is 0 Å². The average molecular weight is 494 g/mol. The minimum absolute atomic E-state index is 0.0725. The number of nitrogens with one attached hydrogen (secondary N) is 1. The molecule has 2 aromatic carbocycles. The second-order valence-corrected chi connectivity index (χ2v) is 8.93. The molecule has 2 heterocycles. The Bertz CT molecular complexity index is 1100. The summed E-state index contributed by atoms with van der Waals surface area (Å²) in [4.78, 5) is 26.7. The molecule has 2 saturated heterocycles. The number of alkyl halides is 3. The monoisotopic (exact) mass is 494 g/mol. The molecule has 0 saturated carbocycles. The third-order valence-electron chi connectivity index (χ3n) is 7.07. The molecule has 10 heteroatoms. The van der Waals surface area contributed by atoms with Gasteiger partial charge in [-0.2, -0.15) is 13.2 Å². The largest absolute Gasteiger partial charge is 0.442 e. The molecule has 0 bridgehead atoms. The Labute approximate surface area is 200 Å². The third kappa shape index (κ3) is 4.24. The Morgan fingerprint density at radius 1 is 1.14 bits per heavy atom. The first-order valence-corrected chi connectivity index (χ1v) is 11.2. The lowest BCUT2D eigenvalue weighted by Crippen LogP contribution is -2.62. The van der Waals surface area contributed by atoms with Gasteiger partial charge >= 0.3 is 12.3 Å². The summed E-state index contributed by atoms with van der Waals surface area (Å²) in [5.74, 6) is -1.98. The highest BCUT2D eigenvalue weighted by atomic mass is 19.4. The van der Waals surface area contributed by atoms with E-state index in [1.807, 2.05) is 0 Å². The van der Waals surface area contributed by atoms with E-state index in [-0.39, 0.29) is 44.0 Å². The van der Waals surface area contributed by atoms with Crippen LogP contribution < -0.4 is 5.32 Å². The highest BCUT2D eigenvalue weighted by molar-refractivity contribution is 5.88. The van der Waals surface area contributed by atoms with Crippen molar-refractivity contribution >= 4 is 12.0 Å². The fourth-order valence-electron chi connectivity index (χ4n) is 5.25. The Morgan fingerprint density at radius 3 is 2.37 bits per heavy atom. The smallest absolute Gasteiger partial charge is 0.430 e. The highest BCUT2D eigenvalue weighted by Crippen LogP contribution is 2.46. The second-order valence-electron chi connectivity index (χ2n) is 8.93. The number of hydrogen-bond donors (Lipinski definition) is 1. The van der Waals surface area contributed by atoms with Gasteiger partial charge in [0, 0.05) is 51.1 Å². The Morgan fingerprint density at radius 2 is 1.80 bits per heavy atom. The van der Waals surface area contributed by atoms with E-state index in [0.717, 1.165) is 17.6 Å². The molecule has 1 N–H and O–H groups in total. The van der Waals surface area contributed by atoms with Gasteiger partial charge < -0.3 is 19.7 Å². The van der Waals surface area contributed by atoms with E-state index >= 15 is 0 Å². The molecule has 2 amide bonds. The Balaban J connectivity index is 1.63. The van der Waals surface area contributed by atoms with E-state index in [9.17, 15) is 27.2 Å². The van der Waals surface area contributed by atoms with Crippen LogP contribution in [0.3, 0.4) is 0 Å². The zero-order valence-corrected chi connectivity index (χ0v) is 19.3. The van der Waals surface area contributed by atoms with Crippen molar-refractivity contribution in [1.29, 1.82) is 0 Å². The number of nitrogens with zero attached hydrogens (tertiary/aromatic N) is 1. The van der Waals surface area contributed by atoms with Crippen LogP contribution in [0.2, 0.25) is 0 Å². The number of benzene rings is 2. The average Bonchev–Trinajstić information content (AvgIpc) is 2.81. The van der Waals surface area contributed by atoms with Gasteiger partial charge in [0.2, 0.25) is 0 Å². The summed E-state index contributed by atoms with van der Waals surface area (Å²) < 4.78 is 67.4. The van der Waals surface area contributed by atoms with Crippen molar-refractivity contribution in [2.45, 2.75) is 43.1 Å². The number of ether oxygens (including phenoxy) is 2. The normalized spacial score (nSPS) is 21.7. The summed E-state index contributed by atoms with van der Waals surface area (Å²) in [6.07, 6.45) is -5.39. The van der Waals surface area contributed by atoms with Crippen molar-refractivity contribution in [2.24, 2.45) is 0 Å². The maximum absolute atomic E-state index is 14.3. The number of piperidine rings is 1. The second kappa shape index (κ2) is 9.14. The maximum atomic E-state index is 14.3. The number of carbonyl (C=O) groups is 2. The molecule has 2 aromatic rings. The number of rotatable bonds is 4. The van der Waals surface area contributed by atoms with E-state index in [1.165, 1.54) is 36.4 Å². The van der Waals surface area contributed by atoms with E-state index in [2.05, 4.69) is 5.32 Å². The van der Waals surface area contributed by atoms with Crippen molar-refractivity contribution in [1.82, 2.24) is 10.2 Å². The molecule has 0 radical (unpaired) electrons. The summed E-state index contributed by atoms with van der Waals surface area (Å²) in [5.41, 5.74) is -3.06. The molecule has 4 rings (SSSR count). The summed E-state index contributed by atoms with van der Waals surface area (Å²) in [7, 11) is 0.867. The number of likely N-dealkylation sites (tertiary alicyclic amines) is 1. The summed E-state index contributed by atoms with van der Waals surface area (Å²) in [6, 6.07) is 11.1. The van der Waals surface area contributed by atoms with Crippen molar-refractivity contribution in [3.8, 4) is 0 Å². The SMILES string of the molecule is CO[C@@](C(=O)N1CCC2(CC1)OC(=O)NCC2c1ccc(F)cc1C)(c1ccccc1)C(F)(F)F. The van der Waals surface area contributed by atoms with Crippen LogP contribution in [0.5, 0.6) is 0 Å². The molecule has 2 atom stereocenters. The van der Waals surface area contributed by atoms with Crippen molar-refractivity contribution < 1.29 is 36.6 Å². The van der Waals surface area contributed by atoms with E-state index in [1.54, 1.807) is 19.1 Å². The zero-order chi connectivity index (χ0) is 25.4. The topological polar surface area (TPSA) is 67.9 Å². The number of halogens is 4. The molecule has 6 nitrogen and oxygen atoms in total. The van der Waals surface area contributed by atoms with Crippen LogP contribution in [0.1, 0.15) is 35.4 Å². The predicted molar refractivity (Wildman–Crippen MR) is 118 cm³/mol. The standard InChI is InChI=1S/C25H26F4N2O4/c1-16-14-18(26)8-9-19(16)20-15-30-22(33)35-23(20)10-12-31(13-11-23)21(32)24(34-2,25(27,28)29)17-6-4-3-5-7-17/h3-9,14,20H,10-13,15H2,1-2H3,(H,30,33)/t20?,24-/m1/s1. The van der Waals surface area contributed by atoms with E-state index < -0.39 is 35.2 Å². The van der Waals surface area contributed by atoms with E-state index in [4.69, 9.17) is 9.47 Å². The van der Waals surface area contributed by atoms with Crippen molar-refractivity contribution in [3.05, 3.63) is 71.0 Å². The molecule has 1 spiro atoms. The lowest BCUT2D eigenvalue weighted by Gasteiger charge is -2.49. The van der Waals surface area contributed by atoms with Gasteiger partial charge in [0.15, 0.2) is 0 Å². The fourth-order valence-corrected chi connectivity index (χ4v) is 5.25. The van der Waals surface area contributed by atoms with Gasteiger partial charge in [-0.25, -0.2) is 9.18 Å². The van der Waals surface area contributed by atoms with Crippen LogP contribution in [0.15, 0.2) is 48.5 Å². The van der Waals surface area contributed by atoms with Gasteiger partial charge in [-0.1, -0.05) is 36.4 Å². The first kappa shape index (κ1) is 25.0. The van der Waals surface area contributed by atoms with Crippen LogP contribution >= 0.6 is 0 Å². The first-order chi connectivity index (χ1) is 16.5. The van der Waals surface area contributed by atoms with Crippen LogP contribution in [0.25, 0.3) is 0 Å². The lowest BCUT2D eigenvalue weighted by molar-refractivity contribution is -0.271. The molecule has 2 fully saturated rings. The number of carbonyl (C=O) groups excluding carboxylic acids is 2. The van der Waals surface area contributed by atoms with Gasteiger partial charge in [-0.05, 0) is 30.2 Å². The molecule has 2 aliphatic rings. The quantitative estimate of drug-likeness (QED) is 0.639. The van der Waals surface area contributed by atoms with Crippen LogP contribution in [0, 0.1) is 12.7 Å². The lowest BCUT2D eigenvalue weighted by atomic mass is 9.73. The predicted octanol–water partition coefficient (Wildman–Crippen LogP) is 4.42. The van der Waals surface area contributed by atoms with E-state index in [0.29, 0.717) is 5.56 Å². The number of alkyl carbamates (subject to hydrolysis) is 1. The maximum Gasteiger partial charge on any atom is 0.430 e. The molecular formula is C25H26F4N2O4. The van der Waals surface area contributed by atoms with Crippen LogP contribution in [0.4, 0.5) is 22.4 Å². The van der Waals surface area contributed by atoms with Gasteiger partial charge in [-0.3, -0.25) is 4.79 Å². The third-order valence-corrected chi connectivity index (χ3v) is 7.07. The Hall–Kier alpha value is -3.14. The molecular weight excluding hydrogens is 468 g/mol. The van der Waals surface area contributed by atoms with Gasteiger partial charge in [-0.15, -0.1) is 0 Å². The molecule has 188 valence electrons. The van der Waals surface area contributed by atoms with Crippen LogP contribution in [-0.2, 0) is 19.9 Å². The number of amides is 2. The number of aryl methyl sites for hydroxylation is 1. The minimum atomic E-state index is -5.01.